The smallest absolute Gasteiger partial charge is 0.329 e. The molecule has 0 unspecified atom stereocenters. The fourth-order valence-corrected chi connectivity index (χ4v) is 2.30. The van der Waals surface area contributed by atoms with Crippen molar-refractivity contribution in [2.24, 2.45) is 10.8 Å². The van der Waals surface area contributed by atoms with Gasteiger partial charge in [-0.05, 0) is 54.8 Å². The van der Waals surface area contributed by atoms with Crippen LogP contribution in [0.4, 0.5) is 5.69 Å². The van der Waals surface area contributed by atoms with Crippen molar-refractivity contribution in [3.63, 3.8) is 0 Å². The van der Waals surface area contributed by atoms with Gasteiger partial charge in [-0.25, -0.2) is 5.43 Å². The molecular weight excluding hydrogens is 376 g/mol. The van der Waals surface area contributed by atoms with Crippen LogP contribution in [0.2, 0.25) is 0 Å². The molecule has 0 atom stereocenters. The van der Waals surface area contributed by atoms with E-state index in [1.807, 2.05) is 26.0 Å². The van der Waals surface area contributed by atoms with E-state index in [1.165, 1.54) is 13.3 Å². The number of primary amides is 1. The van der Waals surface area contributed by atoms with Crippen LogP contribution in [0.5, 0.6) is 11.5 Å². The summed E-state index contributed by atoms with van der Waals surface area (Å²) in [7, 11) is 1.44. The molecule has 0 aromatic heterocycles. The maximum Gasteiger partial charge on any atom is 0.329 e. The van der Waals surface area contributed by atoms with Gasteiger partial charge < -0.3 is 20.5 Å². The van der Waals surface area contributed by atoms with E-state index < -0.39 is 17.7 Å². The number of amides is 3. The molecule has 0 saturated carbocycles. The fourth-order valence-electron chi connectivity index (χ4n) is 2.30. The Morgan fingerprint density at radius 2 is 1.83 bits per heavy atom. The molecule has 2 aromatic rings. The van der Waals surface area contributed by atoms with Crippen LogP contribution in [0.25, 0.3) is 0 Å². The van der Waals surface area contributed by atoms with Crippen molar-refractivity contribution in [2.75, 3.05) is 19.0 Å². The van der Waals surface area contributed by atoms with Crippen molar-refractivity contribution >= 4 is 29.6 Å². The highest BCUT2D eigenvalue weighted by Gasteiger charge is 2.14. The second-order valence-electron chi connectivity index (χ2n) is 6.14. The Morgan fingerprint density at radius 3 is 2.52 bits per heavy atom. The van der Waals surface area contributed by atoms with E-state index in [2.05, 4.69) is 15.8 Å². The summed E-state index contributed by atoms with van der Waals surface area (Å²) in [6.45, 7) is 3.43. The zero-order chi connectivity index (χ0) is 21.4. The van der Waals surface area contributed by atoms with Gasteiger partial charge in [0.1, 0.15) is 0 Å². The molecule has 0 spiro atoms. The third-order valence-corrected chi connectivity index (χ3v) is 3.78. The summed E-state index contributed by atoms with van der Waals surface area (Å²) in [6, 6.07) is 10.3. The summed E-state index contributed by atoms with van der Waals surface area (Å²) in [5.41, 5.74) is 10.1. The molecule has 3 amide bonds. The summed E-state index contributed by atoms with van der Waals surface area (Å²) in [5.74, 6) is -1.66. The average Bonchev–Trinajstić information content (AvgIpc) is 2.69. The van der Waals surface area contributed by atoms with Crippen LogP contribution < -0.4 is 25.9 Å². The molecule has 2 rings (SSSR count). The van der Waals surface area contributed by atoms with Crippen molar-refractivity contribution in [3.05, 3.63) is 53.1 Å². The Labute approximate surface area is 167 Å². The molecule has 0 saturated heterocycles. The van der Waals surface area contributed by atoms with E-state index in [0.29, 0.717) is 22.7 Å². The lowest BCUT2D eigenvalue weighted by Crippen LogP contribution is -2.32. The van der Waals surface area contributed by atoms with Crippen LogP contribution in [-0.4, -0.2) is 37.7 Å². The molecule has 0 radical (unpaired) electrons. The lowest BCUT2D eigenvalue weighted by Gasteiger charge is -2.10. The Hall–Kier alpha value is -3.88. The van der Waals surface area contributed by atoms with Crippen molar-refractivity contribution in [2.45, 2.75) is 13.8 Å². The van der Waals surface area contributed by atoms with Crippen molar-refractivity contribution in [1.29, 1.82) is 0 Å². The first-order valence-corrected chi connectivity index (χ1v) is 8.61. The molecule has 152 valence electrons. The zero-order valence-electron chi connectivity index (χ0n) is 16.3. The van der Waals surface area contributed by atoms with Crippen LogP contribution in [0.1, 0.15) is 16.7 Å². The van der Waals surface area contributed by atoms with Crippen LogP contribution in [-0.2, 0) is 14.4 Å². The largest absolute Gasteiger partial charge is 0.493 e. The zero-order valence-corrected chi connectivity index (χ0v) is 16.3. The molecule has 0 bridgehead atoms. The van der Waals surface area contributed by atoms with E-state index in [9.17, 15) is 14.4 Å². The van der Waals surface area contributed by atoms with Crippen LogP contribution in [0.15, 0.2) is 41.5 Å². The van der Waals surface area contributed by atoms with Gasteiger partial charge in [0.25, 0.3) is 5.91 Å². The van der Waals surface area contributed by atoms with Gasteiger partial charge in [-0.3, -0.25) is 14.4 Å². The van der Waals surface area contributed by atoms with Gasteiger partial charge in [0.05, 0.1) is 13.3 Å². The van der Waals surface area contributed by atoms with Crippen molar-refractivity contribution in [1.82, 2.24) is 5.43 Å². The summed E-state index contributed by atoms with van der Waals surface area (Å²) >= 11 is 0. The second kappa shape index (κ2) is 9.88. The summed E-state index contributed by atoms with van der Waals surface area (Å²) in [4.78, 5) is 34.8. The molecule has 0 fully saturated rings. The number of hydrazone groups is 1. The van der Waals surface area contributed by atoms with E-state index >= 15 is 0 Å². The molecule has 0 aliphatic carbocycles. The number of rotatable bonds is 7. The minimum atomic E-state index is -0.907. The molecule has 9 nitrogen and oxygen atoms in total. The molecule has 29 heavy (non-hydrogen) atoms. The average molecular weight is 398 g/mol. The topological polar surface area (TPSA) is 132 Å². The number of nitrogens with zero attached hydrogens (tertiary/aromatic N) is 1. The maximum absolute atomic E-state index is 12.0. The number of hydrogen-bond donors (Lipinski definition) is 3. The van der Waals surface area contributed by atoms with Gasteiger partial charge in [0.15, 0.2) is 18.1 Å². The second-order valence-corrected chi connectivity index (χ2v) is 6.14. The molecule has 9 heteroatoms. The normalized spacial score (nSPS) is 10.4. The first-order chi connectivity index (χ1) is 13.8. The summed E-state index contributed by atoms with van der Waals surface area (Å²) < 4.78 is 10.4. The summed E-state index contributed by atoms with van der Waals surface area (Å²) in [5, 5.41) is 6.32. The predicted molar refractivity (Wildman–Crippen MR) is 108 cm³/mol. The Kier molecular flexibility index (Phi) is 7.30. The highest BCUT2D eigenvalue weighted by atomic mass is 16.5. The number of carbonyl (C=O) groups is 3. The lowest BCUT2D eigenvalue weighted by atomic mass is 10.1. The number of nitrogens with one attached hydrogen (secondary N) is 2. The minimum Gasteiger partial charge on any atom is -0.493 e. The van der Waals surface area contributed by atoms with E-state index in [4.69, 9.17) is 15.2 Å². The Morgan fingerprint density at radius 1 is 1.07 bits per heavy atom. The molecule has 0 heterocycles. The Balaban J connectivity index is 1.97. The monoisotopic (exact) mass is 398 g/mol. The van der Waals surface area contributed by atoms with Crippen molar-refractivity contribution in [3.8, 4) is 11.5 Å². The number of benzene rings is 2. The van der Waals surface area contributed by atoms with Crippen LogP contribution >= 0.6 is 0 Å². The van der Waals surface area contributed by atoms with Gasteiger partial charge in [-0.2, -0.15) is 5.10 Å². The predicted octanol–water partition coefficient (Wildman–Crippen LogP) is 1.26. The number of anilines is 1. The highest BCUT2D eigenvalue weighted by molar-refractivity contribution is 6.39. The molecule has 4 N–H and O–H groups in total. The number of nitrogens with two attached hydrogens (primary N) is 1. The van der Waals surface area contributed by atoms with Gasteiger partial charge >= 0.3 is 11.8 Å². The SMILES string of the molecule is COc1cc(/C=N/NC(=O)C(=O)Nc2cc(C)ccc2C)ccc1OCC(N)=O. The van der Waals surface area contributed by atoms with Gasteiger partial charge in [-0.1, -0.05) is 12.1 Å². The Bertz CT molecular complexity index is 956. The molecule has 0 aliphatic heterocycles. The lowest BCUT2D eigenvalue weighted by molar-refractivity contribution is -0.136. The third kappa shape index (κ3) is 6.35. The molecule has 0 aliphatic rings. The van der Waals surface area contributed by atoms with Gasteiger partial charge in [0.2, 0.25) is 0 Å². The minimum absolute atomic E-state index is 0.282. The maximum atomic E-state index is 12.0. The van der Waals surface area contributed by atoms with Crippen LogP contribution in [0.3, 0.4) is 0 Å². The van der Waals surface area contributed by atoms with Crippen molar-refractivity contribution < 1.29 is 23.9 Å². The number of hydrogen-bond acceptors (Lipinski definition) is 6. The van der Waals surface area contributed by atoms with Crippen LogP contribution in [0, 0.1) is 13.8 Å². The molecule has 2 aromatic carbocycles. The van der Waals surface area contributed by atoms with E-state index in [0.717, 1.165) is 11.1 Å². The fraction of sp³-hybridized carbons (Fsp3) is 0.200. The number of aryl methyl sites for hydroxylation is 2. The highest BCUT2D eigenvalue weighted by Crippen LogP contribution is 2.27. The first kappa shape index (κ1) is 21.4. The number of methoxy groups -OCH3 is 1. The van der Waals surface area contributed by atoms with E-state index in [-0.39, 0.29) is 6.61 Å². The van der Waals surface area contributed by atoms with E-state index in [1.54, 1.807) is 24.3 Å². The molecular formula is C20H22N4O5. The van der Waals surface area contributed by atoms with Gasteiger partial charge in [0, 0.05) is 5.69 Å². The summed E-state index contributed by atoms with van der Waals surface area (Å²) in [6.07, 6.45) is 1.34. The number of carbonyl (C=O) groups excluding carboxylic acids is 3. The van der Waals surface area contributed by atoms with Gasteiger partial charge in [-0.15, -0.1) is 0 Å². The first-order valence-electron chi connectivity index (χ1n) is 8.61. The quantitative estimate of drug-likeness (QED) is 0.367. The number of ether oxygens (including phenoxy) is 2. The standard InChI is InChI=1S/C20H22N4O5/c1-12-4-5-13(2)15(8-12)23-19(26)20(27)24-22-10-14-6-7-16(17(9-14)28-3)29-11-18(21)25/h4-10H,11H2,1-3H3,(H2,21,25)(H,23,26)(H,24,27)/b22-10+. The third-order valence-electron chi connectivity index (χ3n) is 3.78.